The van der Waals surface area contributed by atoms with Crippen LogP contribution in [0.4, 0.5) is 0 Å². The van der Waals surface area contributed by atoms with Gasteiger partial charge < -0.3 is 4.90 Å². The third kappa shape index (κ3) is 2.17. The Morgan fingerprint density at radius 2 is 2.53 bits per heavy atom. The van der Waals surface area contributed by atoms with Gasteiger partial charge in [0.25, 0.3) is 5.91 Å². The van der Waals surface area contributed by atoms with Crippen LogP contribution in [-0.2, 0) is 0 Å². The quantitative estimate of drug-likeness (QED) is 0.765. The van der Waals surface area contributed by atoms with Crippen molar-refractivity contribution in [1.29, 1.82) is 0 Å². The summed E-state index contributed by atoms with van der Waals surface area (Å²) in [6, 6.07) is 1.97. The molecule has 0 radical (unpaired) electrons. The Labute approximate surface area is 96.8 Å². The number of rotatable bonds is 2. The summed E-state index contributed by atoms with van der Waals surface area (Å²) < 4.78 is 0. The topological polar surface area (TPSA) is 46.1 Å². The summed E-state index contributed by atoms with van der Waals surface area (Å²) in [6.45, 7) is 0.832. The van der Waals surface area contributed by atoms with Crippen molar-refractivity contribution in [2.24, 2.45) is 0 Å². The molecule has 15 heavy (non-hydrogen) atoms. The maximum Gasteiger partial charge on any atom is 0.272 e. The zero-order valence-corrected chi connectivity index (χ0v) is 9.85. The number of likely N-dealkylation sites (tertiary alicyclic amines) is 1. The number of amides is 1. The number of hydrogen-bond donors (Lipinski definition) is 0. The van der Waals surface area contributed by atoms with Gasteiger partial charge >= 0.3 is 0 Å². The minimum atomic E-state index is 0.0133. The largest absolute Gasteiger partial charge is 0.333 e. The van der Waals surface area contributed by atoms with Gasteiger partial charge in [-0.2, -0.15) is 0 Å². The first-order chi connectivity index (χ1) is 7.33. The van der Waals surface area contributed by atoms with E-state index in [1.165, 1.54) is 6.33 Å². The number of alkyl halides is 1. The molecule has 0 bridgehead atoms. The van der Waals surface area contributed by atoms with E-state index in [-0.39, 0.29) is 5.91 Å². The van der Waals surface area contributed by atoms with Gasteiger partial charge in [0.2, 0.25) is 0 Å². The molecular formula is C10H12BrN3O. The van der Waals surface area contributed by atoms with E-state index in [0.29, 0.717) is 11.7 Å². The van der Waals surface area contributed by atoms with E-state index in [4.69, 9.17) is 0 Å². The third-order valence-corrected chi connectivity index (χ3v) is 3.36. The van der Waals surface area contributed by atoms with Crippen molar-refractivity contribution in [1.82, 2.24) is 14.9 Å². The molecule has 1 saturated heterocycles. The van der Waals surface area contributed by atoms with Crippen molar-refractivity contribution in [3.8, 4) is 0 Å². The molecule has 1 aliphatic rings. The first kappa shape index (κ1) is 10.5. The second-order valence-electron chi connectivity index (χ2n) is 3.54. The molecule has 1 fully saturated rings. The molecule has 0 spiro atoms. The Balaban J connectivity index is 2.14. The lowest BCUT2D eigenvalue weighted by Gasteiger charge is -2.22. The van der Waals surface area contributed by atoms with E-state index in [2.05, 4.69) is 25.9 Å². The average molecular weight is 270 g/mol. The summed E-state index contributed by atoms with van der Waals surface area (Å²) in [6.07, 6.45) is 5.15. The van der Waals surface area contributed by atoms with Gasteiger partial charge in [0, 0.05) is 24.1 Å². The normalized spacial score (nSPS) is 20.6. The Hall–Kier alpha value is -0.970. The molecule has 80 valence electrons. The smallest absolute Gasteiger partial charge is 0.272 e. The zero-order chi connectivity index (χ0) is 10.7. The van der Waals surface area contributed by atoms with Crippen LogP contribution in [0.15, 0.2) is 18.6 Å². The monoisotopic (exact) mass is 269 g/mol. The van der Waals surface area contributed by atoms with Crippen molar-refractivity contribution >= 4 is 21.8 Å². The molecule has 1 atom stereocenters. The maximum absolute atomic E-state index is 12.0. The average Bonchev–Trinajstić information content (AvgIpc) is 2.77. The van der Waals surface area contributed by atoms with Crippen molar-refractivity contribution in [3.05, 3.63) is 24.3 Å². The second kappa shape index (κ2) is 4.70. The summed E-state index contributed by atoms with van der Waals surface area (Å²) >= 11 is 3.43. The van der Waals surface area contributed by atoms with Crippen molar-refractivity contribution in [3.63, 3.8) is 0 Å². The van der Waals surface area contributed by atoms with E-state index in [1.54, 1.807) is 12.3 Å². The van der Waals surface area contributed by atoms with Gasteiger partial charge in [-0.1, -0.05) is 15.9 Å². The van der Waals surface area contributed by atoms with Crippen molar-refractivity contribution in [2.45, 2.75) is 18.9 Å². The molecule has 4 nitrogen and oxygen atoms in total. The number of aromatic nitrogens is 2. The predicted octanol–water partition coefficient (Wildman–Crippen LogP) is 1.48. The fourth-order valence-electron chi connectivity index (χ4n) is 1.83. The van der Waals surface area contributed by atoms with E-state index in [1.807, 2.05) is 4.90 Å². The first-order valence-electron chi connectivity index (χ1n) is 4.96. The molecule has 1 aromatic heterocycles. The number of nitrogens with zero attached hydrogens (tertiary/aromatic N) is 3. The van der Waals surface area contributed by atoms with Gasteiger partial charge in [-0.15, -0.1) is 0 Å². The van der Waals surface area contributed by atoms with Gasteiger partial charge in [-0.25, -0.2) is 9.97 Å². The third-order valence-electron chi connectivity index (χ3n) is 2.62. The number of hydrogen-bond acceptors (Lipinski definition) is 3. The molecule has 0 aliphatic carbocycles. The molecule has 2 heterocycles. The van der Waals surface area contributed by atoms with Crippen molar-refractivity contribution in [2.75, 3.05) is 11.9 Å². The number of carbonyl (C=O) groups is 1. The predicted molar refractivity (Wildman–Crippen MR) is 59.9 cm³/mol. The molecule has 1 aromatic rings. The van der Waals surface area contributed by atoms with Crippen LogP contribution in [0.2, 0.25) is 0 Å². The highest BCUT2D eigenvalue weighted by Gasteiger charge is 2.28. The van der Waals surface area contributed by atoms with Crippen LogP contribution in [0.1, 0.15) is 23.3 Å². The Morgan fingerprint density at radius 1 is 1.67 bits per heavy atom. The van der Waals surface area contributed by atoms with E-state index in [9.17, 15) is 4.79 Å². The number of carbonyl (C=O) groups excluding carboxylic acids is 1. The molecule has 5 heteroatoms. The minimum absolute atomic E-state index is 0.0133. The van der Waals surface area contributed by atoms with Crippen LogP contribution >= 0.6 is 15.9 Å². The lowest BCUT2D eigenvalue weighted by Crippen LogP contribution is -2.36. The van der Waals surface area contributed by atoms with Crippen LogP contribution in [0.5, 0.6) is 0 Å². The summed E-state index contributed by atoms with van der Waals surface area (Å²) in [5, 5.41) is 0.837. The molecule has 2 rings (SSSR count). The highest BCUT2D eigenvalue weighted by atomic mass is 79.9. The standard InChI is InChI=1S/C10H12BrN3O/c11-6-8-2-1-5-14(8)10(15)9-3-4-12-7-13-9/h3-4,7-8H,1-2,5-6H2. The second-order valence-corrected chi connectivity index (χ2v) is 4.19. The van der Waals surface area contributed by atoms with Crippen LogP contribution in [0.25, 0.3) is 0 Å². The van der Waals surface area contributed by atoms with Gasteiger partial charge in [-0.05, 0) is 18.9 Å². The summed E-state index contributed by atoms with van der Waals surface area (Å²) in [7, 11) is 0. The lowest BCUT2D eigenvalue weighted by atomic mass is 10.2. The van der Waals surface area contributed by atoms with Gasteiger partial charge in [0.15, 0.2) is 0 Å². The summed E-state index contributed by atoms with van der Waals surface area (Å²) in [5.41, 5.74) is 0.484. The van der Waals surface area contributed by atoms with Crippen LogP contribution in [0, 0.1) is 0 Å². The zero-order valence-electron chi connectivity index (χ0n) is 8.27. The summed E-state index contributed by atoms with van der Waals surface area (Å²) in [5.74, 6) is 0.0133. The van der Waals surface area contributed by atoms with Crippen molar-refractivity contribution < 1.29 is 4.79 Å². The Morgan fingerprint density at radius 3 is 3.20 bits per heavy atom. The Bertz CT molecular complexity index is 344. The molecule has 1 aliphatic heterocycles. The van der Waals surface area contributed by atoms with Gasteiger partial charge in [0.05, 0.1) is 0 Å². The van der Waals surface area contributed by atoms with Crippen LogP contribution in [-0.4, -0.2) is 38.7 Å². The highest BCUT2D eigenvalue weighted by molar-refractivity contribution is 9.09. The molecule has 1 amide bonds. The lowest BCUT2D eigenvalue weighted by molar-refractivity contribution is 0.0744. The van der Waals surface area contributed by atoms with Gasteiger partial charge in [0.1, 0.15) is 12.0 Å². The molecule has 0 saturated carbocycles. The molecule has 0 aromatic carbocycles. The molecular weight excluding hydrogens is 258 g/mol. The van der Waals surface area contributed by atoms with E-state index >= 15 is 0 Å². The SMILES string of the molecule is O=C(c1ccncn1)N1CCCC1CBr. The summed E-state index contributed by atoms with van der Waals surface area (Å²) in [4.78, 5) is 21.7. The van der Waals surface area contributed by atoms with Crippen LogP contribution < -0.4 is 0 Å². The fourth-order valence-corrected chi connectivity index (χ4v) is 2.50. The number of halogens is 1. The van der Waals surface area contributed by atoms with E-state index < -0.39 is 0 Å². The van der Waals surface area contributed by atoms with E-state index in [0.717, 1.165) is 24.7 Å². The van der Waals surface area contributed by atoms with Gasteiger partial charge in [-0.3, -0.25) is 4.79 Å². The molecule has 0 N–H and O–H groups in total. The minimum Gasteiger partial charge on any atom is -0.333 e. The van der Waals surface area contributed by atoms with Crippen LogP contribution in [0.3, 0.4) is 0 Å². The Kier molecular flexibility index (Phi) is 3.30. The highest BCUT2D eigenvalue weighted by Crippen LogP contribution is 2.20. The first-order valence-corrected chi connectivity index (χ1v) is 6.08. The molecule has 1 unspecified atom stereocenters. The fraction of sp³-hybridized carbons (Fsp3) is 0.500. The maximum atomic E-state index is 12.0.